The molecule has 0 amide bonds. The third kappa shape index (κ3) is 8.12. The fourth-order valence-corrected chi connectivity index (χ4v) is 2.34. The molecule has 0 fully saturated rings. The van der Waals surface area contributed by atoms with Gasteiger partial charge >= 0.3 is 0 Å². The van der Waals surface area contributed by atoms with Crippen LogP contribution < -0.4 is 5.32 Å². The minimum absolute atomic E-state index is 0.531. The number of nitrogens with one attached hydrogen (secondary N) is 1. The topological polar surface area (TPSA) is 32.3 Å². The Morgan fingerprint density at radius 3 is 1.62 bits per heavy atom. The Morgan fingerprint density at radius 2 is 1.31 bits per heavy atom. The first-order valence-electron chi connectivity index (χ1n) is 6.68. The fraction of sp³-hybridized carbons (Fsp3) is 1.00. The molecule has 0 saturated carbocycles. The molecule has 0 aromatic carbocycles. The predicted molar refractivity (Wildman–Crippen MR) is 71.6 cm³/mol. The van der Waals surface area contributed by atoms with Gasteiger partial charge in [-0.25, -0.2) is 0 Å². The van der Waals surface area contributed by atoms with Gasteiger partial charge in [-0.05, 0) is 37.1 Å². The molecular weight excluding hydrogens is 198 g/mol. The Bertz CT molecular complexity index is 166. The van der Waals surface area contributed by atoms with E-state index in [9.17, 15) is 5.11 Å². The molecular formula is C14H31NO. The molecule has 2 nitrogen and oxygen atoms in total. The standard InChI is InChI=1S/C14H31NO/c1-11(2)7-14(16,8-12(3)4)10-15-9-13(5)6/h11-13,15-16H,7-10H2,1-6H3. The summed E-state index contributed by atoms with van der Waals surface area (Å²) < 4.78 is 0. The van der Waals surface area contributed by atoms with Crippen molar-refractivity contribution in [3.05, 3.63) is 0 Å². The van der Waals surface area contributed by atoms with Crippen molar-refractivity contribution in [1.29, 1.82) is 0 Å². The van der Waals surface area contributed by atoms with Crippen molar-refractivity contribution in [2.75, 3.05) is 13.1 Å². The second-order valence-corrected chi connectivity index (χ2v) is 6.45. The second-order valence-electron chi connectivity index (χ2n) is 6.45. The van der Waals surface area contributed by atoms with Crippen molar-refractivity contribution in [1.82, 2.24) is 5.32 Å². The molecule has 98 valence electrons. The van der Waals surface area contributed by atoms with Gasteiger partial charge in [0.1, 0.15) is 0 Å². The van der Waals surface area contributed by atoms with Gasteiger partial charge in [0, 0.05) is 6.54 Å². The highest BCUT2D eigenvalue weighted by molar-refractivity contribution is 4.83. The molecule has 0 aliphatic rings. The van der Waals surface area contributed by atoms with E-state index in [-0.39, 0.29) is 0 Å². The highest BCUT2D eigenvalue weighted by Crippen LogP contribution is 2.24. The molecule has 0 rings (SSSR count). The van der Waals surface area contributed by atoms with Crippen LogP contribution in [0.3, 0.4) is 0 Å². The molecule has 0 aromatic rings. The van der Waals surface area contributed by atoms with Gasteiger partial charge in [0.25, 0.3) is 0 Å². The maximum absolute atomic E-state index is 10.6. The van der Waals surface area contributed by atoms with Crippen LogP contribution in [0.4, 0.5) is 0 Å². The number of aliphatic hydroxyl groups is 1. The Kier molecular flexibility index (Phi) is 7.25. The van der Waals surface area contributed by atoms with Crippen molar-refractivity contribution in [2.45, 2.75) is 60.0 Å². The van der Waals surface area contributed by atoms with Gasteiger partial charge in [0.2, 0.25) is 0 Å². The van der Waals surface area contributed by atoms with E-state index < -0.39 is 5.60 Å². The average molecular weight is 229 g/mol. The lowest BCUT2D eigenvalue weighted by Gasteiger charge is -2.32. The zero-order chi connectivity index (χ0) is 12.8. The summed E-state index contributed by atoms with van der Waals surface area (Å²) in [5.74, 6) is 1.73. The van der Waals surface area contributed by atoms with Crippen molar-refractivity contribution in [3.63, 3.8) is 0 Å². The maximum atomic E-state index is 10.6. The largest absolute Gasteiger partial charge is 0.389 e. The van der Waals surface area contributed by atoms with E-state index in [0.717, 1.165) is 25.9 Å². The molecule has 0 unspecified atom stereocenters. The predicted octanol–water partition coefficient (Wildman–Crippen LogP) is 3.06. The Morgan fingerprint density at radius 1 is 0.875 bits per heavy atom. The molecule has 0 bridgehead atoms. The monoisotopic (exact) mass is 229 g/mol. The van der Waals surface area contributed by atoms with Gasteiger partial charge < -0.3 is 10.4 Å². The Hall–Kier alpha value is -0.0800. The minimum Gasteiger partial charge on any atom is -0.389 e. The lowest BCUT2D eigenvalue weighted by atomic mass is 9.85. The van der Waals surface area contributed by atoms with Crippen molar-refractivity contribution < 1.29 is 5.11 Å². The number of hydrogen-bond acceptors (Lipinski definition) is 2. The van der Waals surface area contributed by atoms with Crippen LogP contribution in [0.2, 0.25) is 0 Å². The van der Waals surface area contributed by atoms with Crippen molar-refractivity contribution >= 4 is 0 Å². The summed E-state index contributed by atoms with van der Waals surface area (Å²) >= 11 is 0. The van der Waals surface area contributed by atoms with Crippen LogP contribution >= 0.6 is 0 Å². The van der Waals surface area contributed by atoms with E-state index in [1.54, 1.807) is 0 Å². The van der Waals surface area contributed by atoms with Crippen LogP contribution in [0, 0.1) is 17.8 Å². The van der Waals surface area contributed by atoms with E-state index in [0.29, 0.717) is 17.8 Å². The molecule has 16 heavy (non-hydrogen) atoms. The summed E-state index contributed by atoms with van der Waals surface area (Å²) in [6.07, 6.45) is 1.77. The summed E-state index contributed by atoms with van der Waals surface area (Å²) in [7, 11) is 0. The molecule has 0 aromatic heterocycles. The quantitative estimate of drug-likeness (QED) is 0.670. The first-order valence-corrected chi connectivity index (χ1v) is 6.68. The van der Waals surface area contributed by atoms with Gasteiger partial charge in [0.15, 0.2) is 0 Å². The minimum atomic E-state index is -0.531. The van der Waals surface area contributed by atoms with Gasteiger partial charge in [-0.15, -0.1) is 0 Å². The molecule has 0 heterocycles. The molecule has 0 atom stereocenters. The molecule has 2 N–H and O–H groups in total. The fourth-order valence-electron chi connectivity index (χ4n) is 2.34. The number of hydrogen-bond donors (Lipinski definition) is 2. The molecule has 0 aliphatic carbocycles. The maximum Gasteiger partial charge on any atom is 0.0776 e. The molecule has 0 aliphatic heterocycles. The molecule has 0 spiro atoms. The van der Waals surface area contributed by atoms with Crippen LogP contribution in [0.15, 0.2) is 0 Å². The van der Waals surface area contributed by atoms with E-state index in [1.165, 1.54) is 0 Å². The van der Waals surface area contributed by atoms with Crippen LogP contribution in [0.1, 0.15) is 54.4 Å². The summed E-state index contributed by atoms with van der Waals surface area (Å²) in [5.41, 5.74) is -0.531. The lowest BCUT2D eigenvalue weighted by molar-refractivity contribution is 0.000896. The normalized spacial score (nSPS) is 13.1. The van der Waals surface area contributed by atoms with E-state index in [1.807, 2.05) is 0 Å². The van der Waals surface area contributed by atoms with Crippen molar-refractivity contribution in [3.8, 4) is 0 Å². The van der Waals surface area contributed by atoms with E-state index in [2.05, 4.69) is 46.9 Å². The zero-order valence-corrected chi connectivity index (χ0v) is 12.0. The van der Waals surface area contributed by atoms with Crippen LogP contribution in [-0.4, -0.2) is 23.8 Å². The first kappa shape index (κ1) is 15.9. The summed E-state index contributed by atoms with van der Waals surface area (Å²) in [5, 5.41) is 14.0. The van der Waals surface area contributed by atoms with Crippen molar-refractivity contribution in [2.24, 2.45) is 17.8 Å². The summed E-state index contributed by atoms with van der Waals surface area (Å²) in [6, 6.07) is 0. The molecule has 2 heteroatoms. The van der Waals surface area contributed by atoms with Crippen LogP contribution in [-0.2, 0) is 0 Å². The SMILES string of the molecule is CC(C)CNCC(O)(CC(C)C)CC(C)C. The van der Waals surface area contributed by atoms with Gasteiger partial charge in [-0.3, -0.25) is 0 Å². The van der Waals surface area contributed by atoms with Crippen LogP contribution in [0.25, 0.3) is 0 Å². The smallest absolute Gasteiger partial charge is 0.0776 e. The highest BCUT2D eigenvalue weighted by atomic mass is 16.3. The first-order chi connectivity index (χ1) is 7.25. The lowest BCUT2D eigenvalue weighted by Crippen LogP contribution is -2.43. The second kappa shape index (κ2) is 7.29. The van der Waals surface area contributed by atoms with Gasteiger partial charge in [0.05, 0.1) is 5.60 Å². The molecule has 0 radical (unpaired) electrons. The van der Waals surface area contributed by atoms with Crippen LogP contribution in [0.5, 0.6) is 0 Å². The third-order valence-electron chi connectivity index (χ3n) is 2.58. The van der Waals surface area contributed by atoms with Gasteiger partial charge in [-0.1, -0.05) is 41.5 Å². The molecule has 0 saturated heterocycles. The summed E-state index contributed by atoms with van der Waals surface area (Å²) in [6.45, 7) is 14.8. The summed E-state index contributed by atoms with van der Waals surface area (Å²) in [4.78, 5) is 0. The third-order valence-corrected chi connectivity index (χ3v) is 2.58. The van der Waals surface area contributed by atoms with E-state index >= 15 is 0 Å². The Balaban J connectivity index is 4.18. The average Bonchev–Trinajstić information content (AvgIpc) is 1.98. The Labute approximate surface area is 102 Å². The van der Waals surface area contributed by atoms with Gasteiger partial charge in [-0.2, -0.15) is 0 Å². The number of rotatable bonds is 8. The van der Waals surface area contributed by atoms with E-state index in [4.69, 9.17) is 0 Å². The zero-order valence-electron chi connectivity index (χ0n) is 12.0. The highest BCUT2D eigenvalue weighted by Gasteiger charge is 2.28.